The molecule has 2 heterocycles. The Morgan fingerprint density at radius 3 is 3.00 bits per heavy atom. The van der Waals surface area contributed by atoms with E-state index in [4.69, 9.17) is 0 Å². The van der Waals surface area contributed by atoms with Gasteiger partial charge in [-0.15, -0.1) is 11.3 Å². The van der Waals surface area contributed by atoms with E-state index in [-0.39, 0.29) is 5.91 Å². The van der Waals surface area contributed by atoms with Crippen LogP contribution in [0, 0.1) is 0 Å². The highest BCUT2D eigenvalue weighted by molar-refractivity contribution is 7.11. The van der Waals surface area contributed by atoms with Crippen molar-refractivity contribution in [1.82, 2.24) is 20.1 Å². The lowest BCUT2D eigenvalue weighted by molar-refractivity contribution is 0.0779. The summed E-state index contributed by atoms with van der Waals surface area (Å²) in [7, 11) is 1.85. The Balaban J connectivity index is 1.76. The summed E-state index contributed by atoms with van der Waals surface area (Å²) in [5.41, 5.74) is 1.69. The minimum Gasteiger partial charge on any atom is -0.340 e. The predicted molar refractivity (Wildman–Crippen MR) is 68.4 cm³/mol. The fourth-order valence-corrected chi connectivity index (χ4v) is 2.45. The molecule has 1 aromatic heterocycles. The minimum absolute atomic E-state index is 0.0719. The van der Waals surface area contributed by atoms with Crippen molar-refractivity contribution in [2.75, 3.05) is 46.3 Å². The second-order valence-electron chi connectivity index (χ2n) is 4.18. The van der Waals surface area contributed by atoms with Crippen LogP contribution in [0.1, 0.15) is 9.67 Å². The molecule has 5 nitrogen and oxygen atoms in total. The summed E-state index contributed by atoms with van der Waals surface area (Å²) in [5, 5.41) is 3.32. The number of carbonyl (C=O) groups excluding carboxylic acids is 1. The number of rotatable bonds is 4. The van der Waals surface area contributed by atoms with Crippen molar-refractivity contribution in [1.29, 1.82) is 0 Å². The summed E-state index contributed by atoms with van der Waals surface area (Å²) in [6.07, 6.45) is 1.63. The van der Waals surface area contributed by atoms with Gasteiger partial charge in [0.05, 0.1) is 11.7 Å². The van der Waals surface area contributed by atoms with Gasteiger partial charge in [0, 0.05) is 46.3 Å². The average Bonchev–Trinajstić information content (AvgIpc) is 2.90. The van der Waals surface area contributed by atoms with E-state index < -0.39 is 0 Å². The first kappa shape index (κ1) is 12.5. The molecule has 0 aliphatic carbocycles. The van der Waals surface area contributed by atoms with Gasteiger partial charge in [0.2, 0.25) is 0 Å². The lowest BCUT2D eigenvalue weighted by Crippen LogP contribution is -2.46. The van der Waals surface area contributed by atoms with Crippen LogP contribution in [0.3, 0.4) is 0 Å². The lowest BCUT2D eigenvalue weighted by Gasteiger charge is -2.28. The van der Waals surface area contributed by atoms with Gasteiger partial charge >= 0.3 is 0 Å². The fraction of sp³-hybridized carbons (Fsp3) is 0.636. The average molecular weight is 254 g/mol. The lowest BCUT2D eigenvalue weighted by atomic mass is 10.3. The van der Waals surface area contributed by atoms with Crippen LogP contribution in [-0.2, 0) is 0 Å². The van der Waals surface area contributed by atoms with Crippen molar-refractivity contribution in [3.05, 3.63) is 16.6 Å². The topological polar surface area (TPSA) is 48.5 Å². The van der Waals surface area contributed by atoms with Crippen LogP contribution in [0.4, 0.5) is 0 Å². The number of aromatic nitrogens is 1. The van der Waals surface area contributed by atoms with E-state index in [1.165, 1.54) is 11.3 Å². The second kappa shape index (κ2) is 6.09. The van der Waals surface area contributed by atoms with E-state index in [1.807, 2.05) is 7.05 Å². The predicted octanol–water partition coefficient (Wildman–Crippen LogP) is 0.120. The molecule has 0 radical (unpaired) electrons. The molecule has 0 aromatic carbocycles. The van der Waals surface area contributed by atoms with Crippen LogP contribution in [0.5, 0.6) is 0 Å². The van der Waals surface area contributed by atoms with E-state index in [1.54, 1.807) is 16.6 Å². The van der Waals surface area contributed by atoms with Gasteiger partial charge in [-0.05, 0) is 0 Å². The van der Waals surface area contributed by atoms with E-state index in [2.05, 4.69) is 15.2 Å². The number of nitrogens with zero attached hydrogens (tertiary/aromatic N) is 3. The van der Waals surface area contributed by atoms with Crippen LogP contribution in [-0.4, -0.2) is 67.0 Å². The molecule has 1 aliphatic rings. The molecule has 17 heavy (non-hydrogen) atoms. The third kappa shape index (κ3) is 3.49. The van der Waals surface area contributed by atoms with E-state index in [0.29, 0.717) is 4.88 Å². The van der Waals surface area contributed by atoms with E-state index in [0.717, 1.165) is 39.3 Å². The largest absolute Gasteiger partial charge is 0.340 e. The highest BCUT2D eigenvalue weighted by Crippen LogP contribution is 2.08. The molecule has 1 amide bonds. The summed E-state index contributed by atoms with van der Waals surface area (Å²) in [6, 6.07) is 0. The van der Waals surface area contributed by atoms with Gasteiger partial charge in [0.1, 0.15) is 4.88 Å². The summed E-state index contributed by atoms with van der Waals surface area (Å²) in [4.78, 5) is 20.7. The van der Waals surface area contributed by atoms with Crippen molar-refractivity contribution in [2.45, 2.75) is 0 Å². The monoisotopic (exact) mass is 254 g/mol. The summed E-state index contributed by atoms with van der Waals surface area (Å²) >= 11 is 1.39. The molecule has 0 saturated carbocycles. The first-order valence-electron chi connectivity index (χ1n) is 5.84. The van der Waals surface area contributed by atoms with Crippen molar-refractivity contribution in [2.24, 2.45) is 0 Å². The van der Waals surface area contributed by atoms with Gasteiger partial charge in [-0.3, -0.25) is 14.7 Å². The standard InChI is InChI=1S/C11H18N4OS/c1-14(11(16)10-8-13-9-17-10)6-7-15-4-2-12-3-5-15/h8-9,12H,2-7H2,1H3. The van der Waals surface area contributed by atoms with Gasteiger partial charge in [-0.2, -0.15) is 0 Å². The first-order valence-corrected chi connectivity index (χ1v) is 6.72. The van der Waals surface area contributed by atoms with Crippen molar-refractivity contribution < 1.29 is 4.79 Å². The number of thiazole rings is 1. The van der Waals surface area contributed by atoms with Gasteiger partial charge in [-0.1, -0.05) is 0 Å². The van der Waals surface area contributed by atoms with Gasteiger partial charge in [0.25, 0.3) is 5.91 Å². The van der Waals surface area contributed by atoms with Crippen LogP contribution in [0.25, 0.3) is 0 Å². The molecule has 1 aliphatic heterocycles. The Labute approximate surface area is 105 Å². The first-order chi connectivity index (χ1) is 8.27. The highest BCUT2D eigenvalue weighted by Gasteiger charge is 2.15. The van der Waals surface area contributed by atoms with Crippen molar-refractivity contribution in [3.63, 3.8) is 0 Å². The van der Waals surface area contributed by atoms with Crippen molar-refractivity contribution >= 4 is 17.2 Å². The smallest absolute Gasteiger partial charge is 0.265 e. The number of carbonyl (C=O) groups is 1. The minimum atomic E-state index is 0.0719. The summed E-state index contributed by atoms with van der Waals surface area (Å²) in [6.45, 7) is 5.96. The Morgan fingerprint density at radius 1 is 1.59 bits per heavy atom. The molecule has 2 rings (SSSR count). The zero-order valence-electron chi connectivity index (χ0n) is 10.1. The quantitative estimate of drug-likeness (QED) is 0.829. The molecule has 1 saturated heterocycles. The normalized spacial score (nSPS) is 17.0. The molecule has 6 heteroatoms. The number of hydrogen-bond donors (Lipinski definition) is 1. The number of hydrogen-bond acceptors (Lipinski definition) is 5. The van der Waals surface area contributed by atoms with Gasteiger partial charge in [-0.25, -0.2) is 0 Å². The number of piperazine rings is 1. The Morgan fingerprint density at radius 2 is 2.35 bits per heavy atom. The zero-order chi connectivity index (χ0) is 12.1. The molecular weight excluding hydrogens is 236 g/mol. The maximum atomic E-state index is 11.9. The van der Waals surface area contributed by atoms with Crippen LogP contribution >= 0.6 is 11.3 Å². The third-order valence-corrected chi connectivity index (χ3v) is 3.71. The van der Waals surface area contributed by atoms with E-state index in [9.17, 15) is 4.79 Å². The van der Waals surface area contributed by atoms with E-state index >= 15 is 0 Å². The Bertz CT molecular complexity index is 348. The molecule has 94 valence electrons. The molecule has 0 unspecified atom stereocenters. The van der Waals surface area contributed by atoms with Gasteiger partial charge in [0.15, 0.2) is 0 Å². The van der Waals surface area contributed by atoms with Crippen LogP contribution in [0.2, 0.25) is 0 Å². The molecule has 1 aromatic rings. The Kier molecular flexibility index (Phi) is 4.47. The maximum Gasteiger partial charge on any atom is 0.265 e. The summed E-state index contributed by atoms with van der Waals surface area (Å²) in [5.74, 6) is 0.0719. The van der Waals surface area contributed by atoms with Crippen LogP contribution < -0.4 is 5.32 Å². The Hall–Kier alpha value is -0.980. The molecule has 1 N–H and O–H groups in total. The molecule has 0 spiro atoms. The fourth-order valence-electron chi connectivity index (χ4n) is 1.84. The number of nitrogens with one attached hydrogen (secondary N) is 1. The SMILES string of the molecule is CN(CCN1CCNCC1)C(=O)c1cncs1. The zero-order valence-corrected chi connectivity index (χ0v) is 10.9. The highest BCUT2D eigenvalue weighted by atomic mass is 32.1. The number of likely N-dealkylation sites (N-methyl/N-ethyl adjacent to an activating group) is 1. The maximum absolute atomic E-state index is 11.9. The molecule has 0 bridgehead atoms. The van der Waals surface area contributed by atoms with Crippen molar-refractivity contribution in [3.8, 4) is 0 Å². The molecule has 1 fully saturated rings. The van der Waals surface area contributed by atoms with Crippen LogP contribution in [0.15, 0.2) is 11.7 Å². The third-order valence-electron chi connectivity index (χ3n) is 2.95. The summed E-state index contributed by atoms with van der Waals surface area (Å²) < 4.78 is 0. The number of amides is 1. The second-order valence-corrected chi connectivity index (χ2v) is 5.07. The molecule has 0 atom stereocenters. The van der Waals surface area contributed by atoms with Gasteiger partial charge < -0.3 is 10.2 Å². The molecular formula is C11H18N4OS.